The first-order chi connectivity index (χ1) is 8.78. The number of benzene rings is 1. The van der Waals surface area contributed by atoms with Gasteiger partial charge in [0.05, 0.1) is 7.11 Å². The second kappa shape index (κ2) is 6.09. The Hall–Kier alpha value is -1.51. The van der Waals surface area contributed by atoms with Crippen LogP contribution in [0.15, 0.2) is 24.3 Å². The van der Waals surface area contributed by atoms with E-state index in [1.54, 1.807) is 7.11 Å². The lowest BCUT2D eigenvalue weighted by molar-refractivity contribution is -0.148. The van der Waals surface area contributed by atoms with Crippen LogP contribution in [-0.2, 0) is 14.9 Å². The van der Waals surface area contributed by atoms with Crippen molar-refractivity contribution in [2.24, 2.45) is 5.92 Å². The zero-order valence-corrected chi connectivity index (χ0v) is 12.7. The van der Waals surface area contributed by atoms with Gasteiger partial charge < -0.3 is 9.47 Å². The number of hydrogen-bond donors (Lipinski definition) is 0. The molecule has 19 heavy (non-hydrogen) atoms. The molecule has 0 fully saturated rings. The zero-order chi connectivity index (χ0) is 14.6. The van der Waals surface area contributed by atoms with E-state index in [9.17, 15) is 4.79 Å². The third kappa shape index (κ3) is 3.72. The Morgan fingerprint density at radius 1 is 1.16 bits per heavy atom. The molecule has 0 aliphatic heterocycles. The summed E-state index contributed by atoms with van der Waals surface area (Å²) in [6.07, 6.45) is -0.116. The van der Waals surface area contributed by atoms with E-state index >= 15 is 0 Å². The summed E-state index contributed by atoms with van der Waals surface area (Å²) >= 11 is 0. The lowest BCUT2D eigenvalue weighted by atomic mass is 9.72. The maximum Gasteiger partial charge on any atom is 0.302 e. The van der Waals surface area contributed by atoms with Gasteiger partial charge in [-0.3, -0.25) is 4.79 Å². The smallest absolute Gasteiger partial charge is 0.302 e. The molecule has 0 aliphatic rings. The summed E-state index contributed by atoms with van der Waals surface area (Å²) in [4.78, 5) is 11.1. The van der Waals surface area contributed by atoms with Crippen molar-refractivity contribution in [2.75, 3.05) is 7.11 Å². The molecule has 106 valence electrons. The number of carbonyl (C=O) groups is 1. The van der Waals surface area contributed by atoms with Crippen molar-refractivity contribution in [3.05, 3.63) is 29.8 Å². The largest absolute Gasteiger partial charge is 0.497 e. The molecule has 0 radical (unpaired) electrons. The molecular weight excluding hydrogens is 240 g/mol. The predicted molar refractivity (Wildman–Crippen MR) is 76.4 cm³/mol. The normalized spacial score (nSPS) is 14.6. The number of esters is 1. The summed E-state index contributed by atoms with van der Waals surface area (Å²) in [6.45, 7) is 9.83. The fraction of sp³-hybridized carbons (Fsp3) is 0.562. The van der Waals surface area contributed by atoms with Crippen molar-refractivity contribution < 1.29 is 14.3 Å². The Morgan fingerprint density at radius 2 is 1.68 bits per heavy atom. The number of hydrogen-bond acceptors (Lipinski definition) is 3. The van der Waals surface area contributed by atoms with E-state index in [4.69, 9.17) is 9.47 Å². The third-order valence-electron chi connectivity index (χ3n) is 4.03. The number of rotatable bonds is 5. The second-order valence-electron chi connectivity index (χ2n) is 5.55. The van der Waals surface area contributed by atoms with Crippen LogP contribution in [0.1, 0.15) is 40.2 Å². The van der Waals surface area contributed by atoms with Crippen molar-refractivity contribution in [3.63, 3.8) is 0 Å². The van der Waals surface area contributed by atoms with Crippen molar-refractivity contribution in [3.8, 4) is 5.75 Å². The molecule has 0 saturated carbocycles. The number of ether oxygens (including phenoxy) is 2. The quantitative estimate of drug-likeness (QED) is 0.763. The lowest BCUT2D eigenvalue weighted by Crippen LogP contribution is -2.36. The number of carbonyl (C=O) groups excluding carboxylic acids is 1. The van der Waals surface area contributed by atoms with Crippen LogP contribution in [0.3, 0.4) is 0 Å². The first-order valence-corrected chi connectivity index (χ1v) is 6.60. The molecule has 0 amide bonds. The lowest BCUT2D eigenvalue weighted by Gasteiger charge is -2.36. The highest BCUT2D eigenvalue weighted by atomic mass is 16.5. The van der Waals surface area contributed by atoms with E-state index in [1.807, 2.05) is 19.1 Å². The topological polar surface area (TPSA) is 35.5 Å². The highest BCUT2D eigenvalue weighted by Gasteiger charge is 2.33. The molecule has 0 spiro atoms. The minimum atomic E-state index is -0.232. The number of methoxy groups -OCH3 is 1. The zero-order valence-electron chi connectivity index (χ0n) is 12.7. The van der Waals surface area contributed by atoms with E-state index in [1.165, 1.54) is 12.5 Å². The summed E-state index contributed by atoms with van der Waals surface area (Å²) in [7, 11) is 1.66. The van der Waals surface area contributed by atoms with Gasteiger partial charge in [-0.25, -0.2) is 0 Å². The van der Waals surface area contributed by atoms with Gasteiger partial charge >= 0.3 is 5.97 Å². The fourth-order valence-corrected chi connectivity index (χ4v) is 2.23. The molecule has 0 heterocycles. The van der Waals surface area contributed by atoms with Crippen LogP contribution in [0.5, 0.6) is 5.75 Å². The van der Waals surface area contributed by atoms with Gasteiger partial charge in [-0.1, -0.05) is 32.9 Å². The molecule has 0 aromatic heterocycles. The molecule has 0 bridgehead atoms. The molecule has 3 nitrogen and oxygen atoms in total. The van der Waals surface area contributed by atoms with Gasteiger partial charge in [0.25, 0.3) is 0 Å². The molecule has 2 atom stereocenters. The van der Waals surface area contributed by atoms with Crippen molar-refractivity contribution in [2.45, 2.75) is 46.1 Å². The van der Waals surface area contributed by atoms with Crippen LogP contribution < -0.4 is 4.74 Å². The average molecular weight is 264 g/mol. The van der Waals surface area contributed by atoms with Crippen LogP contribution in [0.2, 0.25) is 0 Å². The molecule has 0 N–H and O–H groups in total. The molecule has 1 aromatic rings. The Balaban J connectivity index is 2.91. The van der Waals surface area contributed by atoms with Gasteiger partial charge in [-0.05, 0) is 30.0 Å². The Morgan fingerprint density at radius 3 is 2.11 bits per heavy atom. The predicted octanol–water partition coefficient (Wildman–Crippen LogP) is 3.56. The maximum atomic E-state index is 11.1. The Kier molecular flexibility index (Phi) is 4.98. The standard InChI is InChI=1S/C16H24O3/c1-11(12(2)19-13(3)17)16(4,5)14-7-9-15(18-6)10-8-14/h7-12H,1-6H3/t11-,12?/m0/s1. The minimum absolute atomic E-state index is 0.0822. The van der Waals surface area contributed by atoms with Crippen LogP contribution in [-0.4, -0.2) is 19.2 Å². The highest BCUT2D eigenvalue weighted by Crippen LogP contribution is 2.35. The van der Waals surface area contributed by atoms with E-state index in [-0.39, 0.29) is 23.4 Å². The van der Waals surface area contributed by atoms with Crippen molar-refractivity contribution in [1.82, 2.24) is 0 Å². The molecule has 0 saturated heterocycles. The van der Waals surface area contributed by atoms with Gasteiger partial charge in [-0.15, -0.1) is 0 Å². The van der Waals surface area contributed by atoms with Crippen molar-refractivity contribution >= 4 is 5.97 Å². The van der Waals surface area contributed by atoms with Gasteiger partial charge in [-0.2, -0.15) is 0 Å². The van der Waals surface area contributed by atoms with Gasteiger partial charge in [0.1, 0.15) is 11.9 Å². The van der Waals surface area contributed by atoms with Crippen LogP contribution in [0.25, 0.3) is 0 Å². The summed E-state index contributed by atoms with van der Waals surface area (Å²) < 4.78 is 10.5. The maximum absolute atomic E-state index is 11.1. The van der Waals surface area contributed by atoms with E-state index in [2.05, 4.69) is 32.9 Å². The molecule has 1 unspecified atom stereocenters. The van der Waals surface area contributed by atoms with Crippen molar-refractivity contribution in [1.29, 1.82) is 0 Å². The minimum Gasteiger partial charge on any atom is -0.497 e. The first-order valence-electron chi connectivity index (χ1n) is 6.60. The third-order valence-corrected chi connectivity index (χ3v) is 4.03. The van der Waals surface area contributed by atoms with Gasteiger partial charge in [0, 0.05) is 12.8 Å². The van der Waals surface area contributed by atoms with E-state index in [0.717, 1.165) is 5.75 Å². The summed E-state index contributed by atoms with van der Waals surface area (Å²) in [5.41, 5.74) is 1.13. The monoisotopic (exact) mass is 264 g/mol. The van der Waals surface area contributed by atoms with Crippen LogP contribution in [0.4, 0.5) is 0 Å². The average Bonchev–Trinajstić information content (AvgIpc) is 2.37. The Bertz CT molecular complexity index is 420. The van der Waals surface area contributed by atoms with Gasteiger partial charge in [0.2, 0.25) is 0 Å². The summed E-state index contributed by atoms with van der Waals surface area (Å²) in [6, 6.07) is 8.05. The SMILES string of the molecule is COc1ccc(C(C)(C)[C@@H](C)C(C)OC(C)=O)cc1. The second-order valence-corrected chi connectivity index (χ2v) is 5.55. The fourth-order valence-electron chi connectivity index (χ4n) is 2.23. The van der Waals surface area contributed by atoms with E-state index < -0.39 is 0 Å². The Labute approximate surface area is 115 Å². The molecule has 0 aliphatic carbocycles. The van der Waals surface area contributed by atoms with Crippen LogP contribution >= 0.6 is 0 Å². The summed E-state index contributed by atoms with van der Waals surface area (Å²) in [5.74, 6) is 0.829. The summed E-state index contributed by atoms with van der Waals surface area (Å²) in [5, 5.41) is 0. The highest BCUT2D eigenvalue weighted by molar-refractivity contribution is 5.66. The van der Waals surface area contributed by atoms with E-state index in [0.29, 0.717) is 0 Å². The van der Waals surface area contributed by atoms with Gasteiger partial charge in [0.15, 0.2) is 0 Å². The molecular formula is C16H24O3. The molecule has 1 rings (SSSR count). The first kappa shape index (κ1) is 15.5. The molecule has 1 aromatic carbocycles. The van der Waals surface area contributed by atoms with Crippen LogP contribution in [0, 0.1) is 5.92 Å². The molecule has 3 heteroatoms.